The Hall–Kier alpha value is -2.02. The first-order chi connectivity index (χ1) is 9.84. The molecule has 0 spiro atoms. The maximum atomic E-state index is 11.9. The SMILES string of the molecule is C=CCOc1cccc(N(CCCC(=O)O)S(C)(=O)=O)c1. The molecular weight excluding hydrogens is 294 g/mol. The fourth-order valence-electron chi connectivity index (χ4n) is 1.74. The Morgan fingerprint density at radius 2 is 2.19 bits per heavy atom. The van der Waals surface area contributed by atoms with Crippen LogP contribution in [0.3, 0.4) is 0 Å². The van der Waals surface area contributed by atoms with Gasteiger partial charge in [-0.2, -0.15) is 0 Å². The van der Waals surface area contributed by atoms with Gasteiger partial charge in [-0.3, -0.25) is 9.10 Å². The molecule has 0 aliphatic rings. The van der Waals surface area contributed by atoms with Crippen molar-refractivity contribution >= 4 is 21.7 Å². The van der Waals surface area contributed by atoms with Gasteiger partial charge in [0.05, 0.1) is 11.9 Å². The minimum Gasteiger partial charge on any atom is -0.489 e. The summed E-state index contributed by atoms with van der Waals surface area (Å²) in [4.78, 5) is 10.5. The Kier molecular flexibility index (Phi) is 6.23. The van der Waals surface area contributed by atoms with Crippen LogP contribution in [0.4, 0.5) is 5.69 Å². The van der Waals surface area contributed by atoms with Crippen LogP contribution in [-0.4, -0.2) is 38.9 Å². The molecule has 0 amide bonds. The molecule has 0 saturated carbocycles. The average Bonchev–Trinajstić information content (AvgIpc) is 2.40. The van der Waals surface area contributed by atoms with Gasteiger partial charge in [-0.05, 0) is 18.6 Å². The Bertz CT molecular complexity index is 597. The number of sulfonamides is 1. The molecule has 0 radical (unpaired) electrons. The summed E-state index contributed by atoms with van der Waals surface area (Å²) in [5.41, 5.74) is 0.449. The molecule has 1 aromatic carbocycles. The van der Waals surface area contributed by atoms with E-state index < -0.39 is 16.0 Å². The average molecular weight is 313 g/mol. The highest BCUT2D eigenvalue weighted by Gasteiger charge is 2.18. The van der Waals surface area contributed by atoms with Crippen LogP contribution < -0.4 is 9.04 Å². The highest BCUT2D eigenvalue weighted by atomic mass is 32.2. The topological polar surface area (TPSA) is 83.9 Å². The lowest BCUT2D eigenvalue weighted by atomic mass is 10.2. The van der Waals surface area contributed by atoms with E-state index in [1.165, 1.54) is 4.31 Å². The molecule has 1 rings (SSSR count). The van der Waals surface area contributed by atoms with E-state index in [-0.39, 0.29) is 19.4 Å². The van der Waals surface area contributed by atoms with Gasteiger partial charge in [-0.15, -0.1) is 0 Å². The predicted molar refractivity (Wildman–Crippen MR) is 81.2 cm³/mol. The molecule has 21 heavy (non-hydrogen) atoms. The van der Waals surface area contributed by atoms with E-state index in [0.717, 1.165) is 6.26 Å². The minimum absolute atomic E-state index is 0.0846. The van der Waals surface area contributed by atoms with Crippen molar-refractivity contribution in [1.29, 1.82) is 0 Å². The van der Waals surface area contributed by atoms with Crippen molar-refractivity contribution < 1.29 is 23.1 Å². The highest BCUT2D eigenvalue weighted by Crippen LogP contribution is 2.23. The summed E-state index contributed by atoms with van der Waals surface area (Å²) in [6.45, 7) is 3.97. The number of carbonyl (C=O) groups is 1. The van der Waals surface area contributed by atoms with E-state index in [1.807, 2.05) is 0 Å². The van der Waals surface area contributed by atoms with Crippen LogP contribution in [0.5, 0.6) is 5.75 Å². The van der Waals surface area contributed by atoms with Crippen molar-refractivity contribution in [3.05, 3.63) is 36.9 Å². The molecule has 6 nitrogen and oxygen atoms in total. The maximum absolute atomic E-state index is 11.9. The van der Waals surface area contributed by atoms with Crippen molar-refractivity contribution in [1.82, 2.24) is 0 Å². The van der Waals surface area contributed by atoms with Crippen molar-refractivity contribution in [2.75, 3.05) is 23.7 Å². The molecule has 0 saturated heterocycles. The fourth-order valence-corrected chi connectivity index (χ4v) is 2.70. The van der Waals surface area contributed by atoms with Crippen LogP contribution in [-0.2, 0) is 14.8 Å². The van der Waals surface area contributed by atoms with E-state index in [1.54, 1.807) is 30.3 Å². The summed E-state index contributed by atoms with van der Waals surface area (Å²) < 4.78 is 30.3. The third-order valence-corrected chi connectivity index (χ3v) is 3.82. The Morgan fingerprint density at radius 3 is 2.76 bits per heavy atom. The quantitative estimate of drug-likeness (QED) is 0.704. The summed E-state index contributed by atoms with van der Waals surface area (Å²) in [6, 6.07) is 6.64. The van der Waals surface area contributed by atoms with Crippen LogP contribution >= 0.6 is 0 Å². The van der Waals surface area contributed by atoms with Gasteiger partial charge in [-0.25, -0.2) is 8.42 Å². The Labute approximate surface area is 124 Å². The smallest absolute Gasteiger partial charge is 0.303 e. The largest absolute Gasteiger partial charge is 0.489 e. The fraction of sp³-hybridized carbons (Fsp3) is 0.357. The minimum atomic E-state index is -3.49. The summed E-state index contributed by atoms with van der Waals surface area (Å²) >= 11 is 0. The number of rotatable bonds is 9. The van der Waals surface area contributed by atoms with E-state index in [4.69, 9.17) is 9.84 Å². The summed E-state index contributed by atoms with van der Waals surface area (Å²) in [7, 11) is -3.49. The van der Waals surface area contributed by atoms with Gasteiger partial charge < -0.3 is 9.84 Å². The molecule has 7 heteroatoms. The Balaban J connectivity index is 2.92. The van der Waals surface area contributed by atoms with E-state index in [0.29, 0.717) is 18.0 Å². The van der Waals surface area contributed by atoms with E-state index >= 15 is 0 Å². The third-order valence-electron chi connectivity index (χ3n) is 2.63. The van der Waals surface area contributed by atoms with Crippen LogP contribution in [0, 0.1) is 0 Å². The van der Waals surface area contributed by atoms with Gasteiger partial charge in [0.2, 0.25) is 10.0 Å². The normalized spacial score (nSPS) is 10.9. The summed E-state index contributed by atoms with van der Waals surface area (Å²) in [6.07, 6.45) is 2.83. The molecule has 0 fully saturated rings. The lowest BCUT2D eigenvalue weighted by Gasteiger charge is -2.22. The second-order valence-electron chi connectivity index (χ2n) is 4.43. The Morgan fingerprint density at radius 1 is 1.48 bits per heavy atom. The van der Waals surface area contributed by atoms with Gasteiger partial charge in [0.15, 0.2) is 0 Å². The van der Waals surface area contributed by atoms with Gasteiger partial charge in [0, 0.05) is 19.0 Å². The van der Waals surface area contributed by atoms with E-state index in [2.05, 4.69) is 6.58 Å². The van der Waals surface area contributed by atoms with Crippen molar-refractivity contribution in [3.63, 3.8) is 0 Å². The predicted octanol–water partition coefficient (Wildman–Crippen LogP) is 1.88. The van der Waals surface area contributed by atoms with Crippen LogP contribution in [0.1, 0.15) is 12.8 Å². The zero-order valence-electron chi connectivity index (χ0n) is 11.9. The maximum Gasteiger partial charge on any atom is 0.303 e. The molecule has 0 aliphatic carbocycles. The molecule has 0 heterocycles. The summed E-state index contributed by atoms with van der Waals surface area (Å²) in [5.74, 6) is -0.425. The third kappa shape index (κ3) is 5.86. The van der Waals surface area contributed by atoms with Crippen molar-refractivity contribution in [2.45, 2.75) is 12.8 Å². The van der Waals surface area contributed by atoms with Gasteiger partial charge in [0.25, 0.3) is 0 Å². The van der Waals surface area contributed by atoms with Crippen LogP contribution in [0.25, 0.3) is 0 Å². The zero-order valence-corrected chi connectivity index (χ0v) is 12.7. The first-order valence-corrected chi connectivity index (χ1v) is 8.22. The molecule has 0 bridgehead atoms. The first kappa shape index (κ1) is 17.0. The van der Waals surface area contributed by atoms with Crippen LogP contribution in [0.2, 0.25) is 0 Å². The van der Waals surface area contributed by atoms with Crippen molar-refractivity contribution in [2.24, 2.45) is 0 Å². The molecule has 0 atom stereocenters. The van der Waals surface area contributed by atoms with Gasteiger partial charge in [0.1, 0.15) is 12.4 Å². The lowest BCUT2D eigenvalue weighted by Crippen LogP contribution is -2.31. The molecular formula is C14H19NO5S. The molecule has 0 aliphatic heterocycles. The number of carboxylic acid groups (broad SMARTS) is 1. The monoisotopic (exact) mass is 313 g/mol. The second kappa shape index (κ2) is 7.68. The first-order valence-electron chi connectivity index (χ1n) is 6.38. The molecule has 1 aromatic rings. The number of ether oxygens (including phenoxy) is 1. The van der Waals surface area contributed by atoms with E-state index in [9.17, 15) is 13.2 Å². The van der Waals surface area contributed by atoms with Gasteiger partial charge in [-0.1, -0.05) is 18.7 Å². The number of hydrogen-bond donors (Lipinski definition) is 1. The molecule has 0 aromatic heterocycles. The molecule has 116 valence electrons. The van der Waals surface area contributed by atoms with Crippen molar-refractivity contribution in [3.8, 4) is 5.75 Å². The molecule has 0 unspecified atom stereocenters. The highest BCUT2D eigenvalue weighted by molar-refractivity contribution is 7.92. The zero-order chi connectivity index (χ0) is 15.9. The standard InChI is InChI=1S/C14H19NO5S/c1-3-10-20-13-7-4-6-12(11-13)15(21(2,18)19)9-5-8-14(16)17/h3-4,6-7,11H,1,5,8-10H2,2H3,(H,16,17). The van der Waals surface area contributed by atoms with Crippen LogP contribution in [0.15, 0.2) is 36.9 Å². The number of anilines is 1. The summed E-state index contributed by atoms with van der Waals surface area (Å²) in [5, 5.41) is 8.64. The lowest BCUT2D eigenvalue weighted by molar-refractivity contribution is -0.137. The second-order valence-corrected chi connectivity index (χ2v) is 6.34. The number of carboxylic acids is 1. The number of hydrogen-bond acceptors (Lipinski definition) is 4. The molecule has 1 N–H and O–H groups in total. The number of benzene rings is 1. The number of nitrogens with zero attached hydrogens (tertiary/aromatic N) is 1. The van der Waals surface area contributed by atoms with Gasteiger partial charge >= 0.3 is 5.97 Å². The number of aliphatic carboxylic acids is 1.